The minimum absolute atomic E-state index is 0.0524. The number of esters is 1. The lowest BCUT2D eigenvalue weighted by atomic mass is 10.1. The van der Waals surface area contributed by atoms with Crippen LogP contribution >= 0.6 is 0 Å². The number of nitrogens with one attached hydrogen (secondary N) is 2. The molecule has 2 aromatic carbocycles. The Morgan fingerprint density at radius 3 is 2.67 bits per heavy atom. The molecular weight excluding hydrogens is 348 g/mol. The Kier molecular flexibility index (Phi) is 4.27. The van der Waals surface area contributed by atoms with Crippen molar-refractivity contribution in [3.8, 4) is 0 Å². The fourth-order valence-electron chi connectivity index (χ4n) is 2.95. The molecule has 0 atom stereocenters. The van der Waals surface area contributed by atoms with Crippen molar-refractivity contribution in [2.45, 2.75) is 25.8 Å². The van der Waals surface area contributed by atoms with Crippen LogP contribution in [0.25, 0.3) is 21.7 Å². The van der Waals surface area contributed by atoms with Gasteiger partial charge in [-0.15, -0.1) is 0 Å². The number of hydrogen-bond donors (Lipinski definition) is 2. The Labute approximate surface area is 154 Å². The third-order valence-corrected chi connectivity index (χ3v) is 4.51. The van der Waals surface area contributed by atoms with Gasteiger partial charge in [0.05, 0.1) is 0 Å². The van der Waals surface area contributed by atoms with Crippen molar-refractivity contribution in [1.82, 2.24) is 10.6 Å². The summed E-state index contributed by atoms with van der Waals surface area (Å²) in [6.45, 7) is 1.20. The predicted molar refractivity (Wildman–Crippen MR) is 98.4 cm³/mol. The first-order valence-electron chi connectivity index (χ1n) is 8.71. The molecule has 138 valence electrons. The molecule has 1 fully saturated rings. The van der Waals surface area contributed by atoms with Crippen LogP contribution in [0.1, 0.15) is 29.0 Å². The van der Waals surface area contributed by atoms with Gasteiger partial charge >= 0.3 is 12.0 Å². The maximum absolute atomic E-state index is 12.4. The van der Waals surface area contributed by atoms with Gasteiger partial charge in [-0.25, -0.2) is 9.59 Å². The largest absolute Gasteiger partial charge is 0.450 e. The molecule has 0 unspecified atom stereocenters. The average Bonchev–Trinajstić information content (AvgIpc) is 3.40. The summed E-state index contributed by atoms with van der Waals surface area (Å²) >= 11 is 0. The van der Waals surface area contributed by atoms with Gasteiger partial charge in [0.25, 0.3) is 5.91 Å². The van der Waals surface area contributed by atoms with Crippen LogP contribution in [0, 0.1) is 6.92 Å². The van der Waals surface area contributed by atoms with Gasteiger partial charge in [-0.3, -0.25) is 10.1 Å². The Morgan fingerprint density at radius 1 is 1.11 bits per heavy atom. The third-order valence-electron chi connectivity index (χ3n) is 4.51. The second-order valence-corrected chi connectivity index (χ2v) is 6.59. The van der Waals surface area contributed by atoms with Gasteiger partial charge < -0.3 is 14.5 Å². The quantitative estimate of drug-likeness (QED) is 0.692. The summed E-state index contributed by atoms with van der Waals surface area (Å²) in [6.07, 6.45) is 1.83. The summed E-state index contributed by atoms with van der Waals surface area (Å²) in [5.41, 5.74) is 1.25. The van der Waals surface area contributed by atoms with Crippen LogP contribution in [0.15, 0.2) is 40.8 Å². The molecule has 27 heavy (non-hydrogen) atoms. The van der Waals surface area contributed by atoms with E-state index in [9.17, 15) is 14.4 Å². The van der Waals surface area contributed by atoms with Crippen molar-refractivity contribution in [2.24, 2.45) is 0 Å². The lowest BCUT2D eigenvalue weighted by Gasteiger charge is -2.06. The van der Waals surface area contributed by atoms with Gasteiger partial charge in [0.15, 0.2) is 6.61 Å². The first-order valence-corrected chi connectivity index (χ1v) is 8.71. The number of benzene rings is 2. The van der Waals surface area contributed by atoms with Gasteiger partial charge in [0, 0.05) is 22.4 Å². The summed E-state index contributed by atoms with van der Waals surface area (Å²) in [6, 6.07) is 11.1. The molecule has 1 saturated carbocycles. The first kappa shape index (κ1) is 17.1. The van der Waals surface area contributed by atoms with Crippen LogP contribution in [-0.2, 0) is 9.53 Å². The number of carbonyl (C=O) groups excluding carboxylic acids is 3. The Balaban J connectivity index is 1.47. The summed E-state index contributed by atoms with van der Waals surface area (Å²) < 4.78 is 10.8. The number of carbonyl (C=O) groups is 3. The SMILES string of the molecule is Cc1c(C(=O)OCC(=O)NC(=O)NC2CC2)oc2c1ccc1ccccc12. The van der Waals surface area contributed by atoms with Crippen molar-refractivity contribution in [3.63, 3.8) is 0 Å². The molecule has 2 N–H and O–H groups in total. The number of fused-ring (bicyclic) bond motifs is 3. The summed E-state index contributed by atoms with van der Waals surface area (Å²) in [7, 11) is 0. The third kappa shape index (κ3) is 3.48. The first-order chi connectivity index (χ1) is 13.0. The van der Waals surface area contributed by atoms with E-state index in [1.165, 1.54) is 0 Å². The molecule has 3 amide bonds. The zero-order valence-corrected chi connectivity index (χ0v) is 14.7. The van der Waals surface area contributed by atoms with Gasteiger partial charge in [0.1, 0.15) is 5.58 Å². The maximum Gasteiger partial charge on any atom is 0.375 e. The molecule has 3 aromatic rings. The Morgan fingerprint density at radius 2 is 1.89 bits per heavy atom. The molecule has 0 radical (unpaired) electrons. The van der Waals surface area contributed by atoms with E-state index < -0.39 is 24.5 Å². The number of ether oxygens (including phenoxy) is 1. The van der Waals surface area contributed by atoms with Crippen molar-refractivity contribution in [3.05, 3.63) is 47.7 Å². The number of furan rings is 1. The number of urea groups is 1. The zero-order valence-electron chi connectivity index (χ0n) is 14.7. The molecule has 0 spiro atoms. The van der Waals surface area contributed by atoms with Crippen molar-refractivity contribution >= 4 is 39.6 Å². The van der Waals surface area contributed by atoms with Gasteiger partial charge in [0.2, 0.25) is 5.76 Å². The molecular formula is C20H18N2O5. The lowest BCUT2D eigenvalue weighted by Crippen LogP contribution is -2.42. The van der Waals surface area contributed by atoms with E-state index in [0.717, 1.165) is 29.0 Å². The second kappa shape index (κ2) is 6.75. The zero-order chi connectivity index (χ0) is 19.0. The van der Waals surface area contributed by atoms with E-state index in [4.69, 9.17) is 9.15 Å². The number of imide groups is 1. The van der Waals surface area contributed by atoms with Gasteiger partial charge in [-0.1, -0.05) is 36.4 Å². The molecule has 7 nitrogen and oxygen atoms in total. The van der Waals surface area contributed by atoms with Crippen molar-refractivity contribution < 1.29 is 23.5 Å². The molecule has 1 heterocycles. The Bertz CT molecular complexity index is 1060. The highest BCUT2D eigenvalue weighted by Gasteiger charge is 2.25. The van der Waals surface area contributed by atoms with Crippen LogP contribution in [0.2, 0.25) is 0 Å². The van der Waals surface area contributed by atoms with Gasteiger partial charge in [-0.2, -0.15) is 0 Å². The van der Waals surface area contributed by atoms with E-state index >= 15 is 0 Å². The molecule has 0 bridgehead atoms. The summed E-state index contributed by atoms with van der Waals surface area (Å²) in [5.74, 6) is -1.39. The average molecular weight is 366 g/mol. The number of aryl methyl sites for hydroxylation is 1. The fourth-order valence-corrected chi connectivity index (χ4v) is 2.95. The predicted octanol–water partition coefficient (Wildman–Crippen LogP) is 3.04. The van der Waals surface area contributed by atoms with E-state index in [1.54, 1.807) is 6.92 Å². The topological polar surface area (TPSA) is 97.6 Å². The number of amides is 3. The number of hydrogen-bond acceptors (Lipinski definition) is 5. The summed E-state index contributed by atoms with van der Waals surface area (Å²) in [5, 5.41) is 7.45. The summed E-state index contributed by atoms with van der Waals surface area (Å²) in [4.78, 5) is 35.6. The molecule has 4 rings (SSSR count). The number of rotatable bonds is 4. The van der Waals surface area contributed by atoms with Crippen LogP contribution in [-0.4, -0.2) is 30.6 Å². The lowest BCUT2D eigenvalue weighted by molar-refractivity contribution is -0.123. The Hall–Kier alpha value is -3.35. The molecule has 1 aliphatic carbocycles. The van der Waals surface area contributed by atoms with E-state index in [2.05, 4.69) is 10.6 Å². The van der Waals surface area contributed by atoms with Crippen LogP contribution in [0.3, 0.4) is 0 Å². The molecule has 1 aliphatic rings. The van der Waals surface area contributed by atoms with Gasteiger partial charge in [-0.05, 0) is 25.2 Å². The highest BCUT2D eigenvalue weighted by Crippen LogP contribution is 2.32. The second-order valence-electron chi connectivity index (χ2n) is 6.59. The van der Waals surface area contributed by atoms with Crippen LogP contribution < -0.4 is 10.6 Å². The molecule has 1 aromatic heterocycles. The highest BCUT2D eigenvalue weighted by molar-refractivity contribution is 6.08. The van der Waals surface area contributed by atoms with Crippen LogP contribution in [0.4, 0.5) is 4.79 Å². The van der Waals surface area contributed by atoms with Crippen molar-refractivity contribution in [2.75, 3.05) is 6.61 Å². The normalized spacial score (nSPS) is 13.5. The fraction of sp³-hybridized carbons (Fsp3) is 0.250. The molecule has 0 saturated heterocycles. The van der Waals surface area contributed by atoms with E-state index in [1.807, 2.05) is 36.4 Å². The van der Waals surface area contributed by atoms with Crippen molar-refractivity contribution in [1.29, 1.82) is 0 Å². The maximum atomic E-state index is 12.4. The smallest absolute Gasteiger partial charge is 0.375 e. The monoisotopic (exact) mass is 366 g/mol. The molecule has 0 aliphatic heterocycles. The standard InChI is InChI=1S/C20H18N2O5/c1-11-14-9-6-12-4-2-3-5-15(12)18(14)27-17(11)19(24)26-10-16(23)22-20(25)21-13-7-8-13/h2-6,9,13H,7-8,10H2,1H3,(H2,21,22,23,25). The molecule has 7 heteroatoms. The van der Waals surface area contributed by atoms with E-state index in [-0.39, 0.29) is 11.8 Å². The highest BCUT2D eigenvalue weighted by atomic mass is 16.5. The van der Waals surface area contributed by atoms with E-state index in [0.29, 0.717) is 11.1 Å². The minimum atomic E-state index is -0.745. The minimum Gasteiger partial charge on any atom is -0.450 e. The van der Waals surface area contributed by atoms with Crippen LogP contribution in [0.5, 0.6) is 0 Å².